The van der Waals surface area contributed by atoms with E-state index in [-0.39, 0.29) is 12.7 Å². The average Bonchev–Trinajstić information content (AvgIpc) is 2.59. The normalized spacial score (nSPS) is 16.6. The summed E-state index contributed by atoms with van der Waals surface area (Å²) in [5.41, 5.74) is 1.16. The highest BCUT2D eigenvalue weighted by atomic mass is 19.4. The maximum atomic E-state index is 12.0. The van der Waals surface area contributed by atoms with Crippen molar-refractivity contribution in [3.05, 3.63) is 36.4 Å². The quantitative estimate of drug-likeness (QED) is 0.420. The molecule has 0 amide bonds. The first-order chi connectivity index (χ1) is 12.0. The molecule has 1 aliphatic heterocycles. The number of nitrogens with zero attached hydrogens (tertiary/aromatic N) is 1. The lowest BCUT2D eigenvalue weighted by Gasteiger charge is -2.33. The first-order valence-electron chi connectivity index (χ1n) is 9.20. The molecule has 1 aromatic rings. The number of halogens is 3. The summed E-state index contributed by atoms with van der Waals surface area (Å²) < 4.78 is 41.3. The van der Waals surface area contributed by atoms with Gasteiger partial charge in [0.2, 0.25) is 0 Å². The Balaban J connectivity index is 1.74. The number of allylic oxidation sites excluding steroid dienone is 1. The Kier molecular flexibility index (Phi) is 7.66. The van der Waals surface area contributed by atoms with Crippen LogP contribution in [0.3, 0.4) is 0 Å². The summed E-state index contributed by atoms with van der Waals surface area (Å²) in [5.74, 6) is 1.44. The predicted molar refractivity (Wildman–Crippen MR) is 96.2 cm³/mol. The van der Waals surface area contributed by atoms with Gasteiger partial charge in [-0.1, -0.05) is 32.6 Å². The van der Waals surface area contributed by atoms with E-state index < -0.39 is 6.18 Å². The van der Waals surface area contributed by atoms with Crippen molar-refractivity contribution < 1.29 is 17.9 Å². The third-order valence-corrected chi connectivity index (χ3v) is 4.69. The number of hydrogen-bond donors (Lipinski definition) is 0. The Labute approximate surface area is 148 Å². The fraction of sp³-hybridized carbons (Fsp3) is 0.600. The van der Waals surface area contributed by atoms with Gasteiger partial charge >= 0.3 is 6.18 Å². The van der Waals surface area contributed by atoms with Gasteiger partial charge in [-0.05, 0) is 49.1 Å². The monoisotopic (exact) mass is 355 g/mol. The molecular weight excluding hydrogens is 327 g/mol. The van der Waals surface area contributed by atoms with E-state index in [4.69, 9.17) is 4.74 Å². The summed E-state index contributed by atoms with van der Waals surface area (Å²) in [6, 6.07) is 7.62. The average molecular weight is 355 g/mol. The lowest BCUT2D eigenvalue weighted by Crippen LogP contribution is -2.33. The molecule has 2 rings (SSSR count). The zero-order valence-corrected chi connectivity index (χ0v) is 14.9. The van der Waals surface area contributed by atoms with Crippen molar-refractivity contribution in [2.45, 2.75) is 51.6 Å². The van der Waals surface area contributed by atoms with Crippen LogP contribution in [-0.2, 0) is 0 Å². The maximum Gasteiger partial charge on any atom is 0.409 e. The lowest BCUT2D eigenvalue weighted by atomic mass is 9.91. The van der Waals surface area contributed by atoms with Crippen molar-refractivity contribution in [2.75, 3.05) is 24.6 Å². The number of piperidine rings is 1. The molecule has 0 atom stereocenters. The van der Waals surface area contributed by atoms with Crippen molar-refractivity contribution in [3.8, 4) is 5.75 Å². The minimum absolute atomic E-state index is 0.0813. The minimum Gasteiger partial charge on any atom is -0.490 e. The molecule has 140 valence electrons. The molecule has 0 N–H and O–H groups in total. The van der Waals surface area contributed by atoms with E-state index in [2.05, 4.69) is 11.8 Å². The van der Waals surface area contributed by atoms with Gasteiger partial charge in [-0.2, -0.15) is 13.2 Å². The molecule has 0 aromatic heterocycles. The fourth-order valence-electron chi connectivity index (χ4n) is 3.24. The SMILES string of the molecule is CCCCCC1CCN(c2ccc(OC/C=C/C(F)(F)F)cc2)CC1. The Morgan fingerprint density at radius 3 is 2.40 bits per heavy atom. The third-order valence-electron chi connectivity index (χ3n) is 4.69. The van der Waals surface area contributed by atoms with Crippen molar-refractivity contribution in [3.63, 3.8) is 0 Å². The number of unbranched alkanes of at least 4 members (excludes halogenated alkanes) is 2. The molecule has 1 aliphatic rings. The highest BCUT2D eigenvalue weighted by Gasteiger charge is 2.21. The molecule has 1 saturated heterocycles. The van der Waals surface area contributed by atoms with Crippen molar-refractivity contribution in [1.82, 2.24) is 0 Å². The summed E-state index contributed by atoms with van der Waals surface area (Å²) in [5, 5.41) is 0. The van der Waals surface area contributed by atoms with Crippen molar-refractivity contribution in [2.24, 2.45) is 5.92 Å². The van der Waals surface area contributed by atoms with Crippen LogP contribution < -0.4 is 9.64 Å². The van der Waals surface area contributed by atoms with Gasteiger partial charge in [-0.15, -0.1) is 0 Å². The van der Waals surface area contributed by atoms with Crippen molar-refractivity contribution >= 4 is 5.69 Å². The second kappa shape index (κ2) is 9.73. The van der Waals surface area contributed by atoms with Crippen LogP contribution in [0, 0.1) is 5.92 Å². The Bertz CT molecular complexity index is 517. The summed E-state index contributed by atoms with van der Waals surface area (Å²) >= 11 is 0. The smallest absolute Gasteiger partial charge is 0.409 e. The lowest BCUT2D eigenvalue weighted by molar-refractivity contribution is -0.0801. The Hall–Kier alpha value is -1.65. The van der Waals surface area contributed by atoms with E-state index in [1.807, 2.05) is 24.3 Å². The van der Waals surface area contributed by atoms with Gasteiger partial charge in [0.15, 0.2) is 0 Å². The number of rotatable bonds is 8. The first kappa shape index (κ1) is 19.7. The Morgan fingerprint density at radius 1 is 1.12 bits per heavy atom. The molecule has 1 heterocycles. The van der Waals surface area contributed by atoms with Crippen LogP contribution >= 0.6 is 0 Å². The van der Waals surface area contributed by atoms with E-state index >= 15 is 0 Å². The van der Waals surface area contributed by atoms with Crippen LogP contribution in [0.1, 0.15) is 45.4 Å². The fourth-order valence-corrected chi connectivity index (χ4v) is 3.24. The molecule has 0 unspecified atom stereocenters. The number of anilines is 1. The van der Waals surface area contributed by atoms with Gasteiger partial charge in [0.25, 0.3) is 0 Å². The predicted octanol–water partition coefficient (Wildman–Crippen LogP) is 5.98. The molecule has 1 fully saturated rings. The molecule has 0 bridgehead atoms. The van der Waals surface area contributed by atoms with Crippen LogP contribution in [0.5, 0.6) is 5.75 Å². The molecule has 5 heteroatoms. The van der Waals surface area contributed by atoms with E-state index in [0.717, 1.165) is 30.8 Å². The molecular formula is C20H28F3NO. The molecule has 0 spiro atoms. The Morgan fingerprint density at radius 2 is 1.80 bits per heavy atom. The maximum absolute atomic E-state index is 12.0. The van der Waals surface area contributed by atoms with Crippen LogP contribution in [-0.4, -0.2) is 25.9 Å². The summed E-state index contributed by atoms with van der Waals surface area (Å²) in [6.07, 6.45) is 4.68. The van der Waals surface area contributed by atoms with Crippen LogP contribution in [0.25, 0.3) is 0 Å². The third kappa shape index (κ3) is 7.41. The second-order valence-electron chi connectivity index (χ2n) is 6.68. The number of ether oxygens (including phenoxy) is 1. The summed E-state index contributed by atoms with van der Waals surface area (Å²) in [7, 11) is 0. The first-order valence-corrected chi connectivity index (χ1v) is 9.20. The van der Waals surface area contributed by atoms with E-state index in [1.54, 1.807) is 0 Å². The van der Waals surface area contributed by atoms with Gasteiger partial charge in [0.1, 0.15) is 12.4 Å². The van der Waals surface area contributed by atoms with Crippen LogP contribution in [0.2, 0.25) is 0 Å². The van der Waals surface area contributed by atoms with Crippen LogP contribution in [0.15, 0.2) is 36.4 Å². The topological polar surface area (TPSA) is 12.5 Å². The summed E-state index contributed by atoms with van der Waals surface area (Å²) in [4.78, 5) is 2.38. The molecule has 1 aromatic carbocycles. The van der Waals surface area contributed by atoms with Gasteiger partial charge in [-0.25, -0.2) is 0 Å². The van der Waals surface area contributed by atoms with E-state index in [0.29, 0.717) is 5.75 Å². The zero-order chi connectivity index (χ0) is 18.1. The highest BCUT2D eigenvalue weighted by Crippen LogP contribution is 2.28. The van der Waals surface area contributed by atoms with Gasteiger partial charge < -0.3 is 9.64 Å². The molecule has 0 saturated carbocycles. The van der Waals surface area contributed by atoms with E-state index in [1.165, 1.54) is 38.5 Å². The van der Waals surface area contributed by atoms with Gasteiger partial charge in [-0.3, -0.25) is 0 Å². The zero-order valence-electron chi connectivity index (χ0n) is 14.9. The number of hydrogen-bond acceptors (Lipinski definition) is 2. The van der Waals surface area contributed by atoms with E-state index in [9.17, 15) is 13.2 Å². The molecule has 0 radical (unpaired) electrons. The van der Waals surface area contributed by atoms with Gasteiger partial charge in [0.05, 0.1) is 0 Å². The standard InChI is InChI=1S/C20H28F3NO/c1-2-3-4-6-17-11-14-24(15-12-17)18-7-9-19(10-8-18)25-16-5-13-20(21,22)23/h5,7-10,13,17H,2-4,6,11-12,14-16H2,1H3/b13-5+. The second-order valence-corrected chi connectivity index (χ2v) is 6.68. The minimum atomic E-state index is -4.28. The van der Waals surface area contributed by atoms with Crippen LogP contribution in [0.4, 0.5) is 18.9 Å². The number of benzene rings is 1. The highest BCUT2D eigenvalue weighted by molar-refractivity contribution is 5.49. The summed E-state index contributed by atoms with van der Waals surface area (Å²) in [6.45, 7) is 4.31. The van der Waals surface area contributed by atoms with Crippen molar-refractivity contribution in [1.29, 1.82) is 0 Å². The largest absolute Gasteiger partial charge is 0.490 e. The molecule has 2 nitrogen and oxygen atoms in total. The van der Waals surface area contributed by atoms with Gasteiger partial charge in [0, 0.05) is 24.9 Å². The molecule has 0 aliphatic carbocycles. The number of alkyl halides is 3. The molecule has 25 heavy (non-hydrogen) atoms.